The number of nitrogens with zero attached hydrogens (tertiary/aromatic N) is 2. The Morgan fingerprint density at radius 3 is 1.68 bits per heavy atom. The summed E-state index contributed by atoms with van der Waals surface area (Å²) in [7, 11) is 0. The van der Waals surface area contributed by atoms with Gasteiger partial charge in [0.25, 0.3) is 0 Å². The summed E-state index contributed by atoms with van der Waals surface area (Å²) >= 11 is 0. The first-order valence-corrected chi connectivity index (χ1v) is 11.2. The minimum atomic E-state index is 0. The van der Waals surface area contributed by atoms with E-state index in [0.717, 1.165) is 61.3 Å². The number of hydrogen-bond donors (Lipinski definition) is 0. The molecule has 0 bridgehead atoms. The molecule has 0 atom stereocenters. The Morgan fingerprint density at radius 1 is 0.710 bits per heavy atom. The van der Waals surface area contributed by atoms with E-state index in [1.165, 1.54) is 22.3 Å². The summed E-state index contributed by atoms with van der Waals surface area (Å²) in [5, 5.41) is 0. The molecule has 0 spiro atoms. The Morgan fingerprint density at radius 2 is 1.19 bits per heavy atom. The molecule has 0 amide bonds. The van der Waals surface area contributed by atoms with Gasteiger partial charge in [-0.2, -0.15) is 0 Å². The fraction of sp³-hybridized carbons (Fsp3) is 0.429. The van der Waals surface area contributed by atoms with Gasteiger partial charge < -0.3 is 0 Å². The first kappa shape index (κ1) is 26.9. The molecule has 168 valence electrons. The van der Waals surface area contributed by atoms with Crippen LogP contribution in [0, 0.1) is 39.5 Å². The molecule has 2 aromatic rings. The van der Waals surface area contributed by atoms with Crippen molar-refractivity contribution >= 4 is 22.8 Å². The van der Waals surface area contributed by atoms with E-state index in [0.29, 0.717) is 0 Å². The summed E-state index contributed by atoms with van der Waals surface area (Å²) in [6, 6.07) is 12.9. The third-order valence-corrected chi connectivity index (χ3v) is 4.82. The van der Waals surface area contributed by atoms with Gasteiger partial charge in [0.1, 0.15) is 5.71 Å². The number of unbranched alkanes of at least 4 members (excludes halogenated alkanes) is 3. The Kier molecular flexibility index (Phi) is 12.1. The molecule has 0 aliphatic rings. The Balaban J connectivity index is 0.00000480. The maximum absolute atomic E-state index is 5.04. The van der Waals surface area contributed by atoms with Crippen molar-refractivity contribution in [1.29, 1.82) is 0 Å². The maximum Gasteiger partial charge on any atom is 0.135 e. The second kappa shape index (κ2) is 14.0. The van der Waals surface area contributed by atoms with Crippen molar-refractivity contribution in [2.45, 2.75) is 80.1 Å². The second-order valence-corrected chi connectivity index (χ2v) is 8.22. The van der Waals surface area contributed by atoms with Gasteiger partial charge in [0.15, 0.2) is 0 Å². The molecule has 2 nitrogen and oxygen atoms in total. The summed E-state index contributed by atoms with van der Waals surface area (Å²) in [5.74, 6) is 6.71. The molecule has 0 unspecified atom stereocenters. The van der Waals surface area contributed by atoms with Crippen molar-refractivity contribution in [3.8, 4) is 11.8 Å². The van der Waals surface area contributed by atoms with Crippen LogP contribution in [0.1, 0.15) is 74.6 Å². The van der Waals surface area contributed by atoms with E-state index in [9.17, 15) is 0 Å². The predicted octanol–water partition coefficient (Wildman–Crippen LogP) is 8.15. The van der Waals surface area contributed by atoms with E-state index in [1.54, 1.807) is 0 Å². The van der Waals surface area contributed by atoms with Crippen LogP contribution in [0.25, 0.3) is 0 Å². The number of hydrogen-bond acceptors (Lipinski definition) is 2. The van der Waals surface area contributed by atoms with Gasteiger partial charge >= 0.3 is 0 Å². The summed E-state index contributed by atoms with van der Waals surface area (Å²) in [5.41, 5.74) is 8.63. The van der Waals surface area contributed by atoms with Crippen LogP contribution in [0.2, 0.25) is 0 Å². The summed E-state index contributed by atoms with van der Waals surface area (Å²) in [4.78, 5) is 10.0. The molecule has 0 saturated carbocycles. The van der Waals surface area contributed by atoms with Crippen LogP contribution in [0.15, 0.2) is 46.4 Å². The Bertz CT molecular complexity index is 934. The Hall–Kier alpha value is -2.17. The third-order valence-electron chi connectivity index (χ3n) is 4.82. The topological polar surface area (TPSA) is 24.7 Å². The van der Waals surface area contributed by atoms with Crippen molar-refractivity contribution in [3.63, 3.8) is 0 Å². The molecule has 0 saturated heterocycles. The molecule has 0 aromatic heterocycles. The minimum Gasteiger partial charge on any atom is -0.250 e. The van der Waals surface area contributed by atoms with Gasteiger partial charge in [-0.1, -0.05) is 44.7 Å². The van der Waals surface area contributed by atoms with Crippen molar-refractivity contribution in [2.75, 3.05) is 0 Å². The van der Waals surface area contributed by atoms with Gasteiger partial charge in [-0.3, -0.25) is 4.99 Å². The van der Waals surface area contributed by atoms with E-state index in [2.05, 4.69) is 89.8 Å². The van der Waals surface area contributed by atoms with E-state index >= 15 is 0 Å². The molecule has 2 aromatic carbocycles. The molecule has 0 aliphatic heterocycles. The van der Waals surface area contributed by atoms with Crippen molar-refractivity contribution in [2.24, 2.45) is 9.98 Å². The summed E-state index contributed by atoms with van der Waals surface area (Å²) < 4.78 is 0. The smallest absolute Gasteiger partial charge is 0.135 e. The fourth-order valence-electron chi connectivity index (χ4n) is 3.46. The standard InChI is InChI=1S/C28H36N2.Ni/c1-7-9-11-12-14-28(30-26-19-23(5)16-24(6)20-26)27(13-10-8-2)29-25-17-21(3)15-22(4)18-25;/h15-20H,7-11,13H2,1-6H3;. The van der Waals surface area contributed by atoms with Gasteiger partial charge in [0.05, 0.1) is 17.1 Å². The molecule has 3 heteroatoms. The Labute approximate surface area is 199 Å². The average Bonchev–Trinajstić information content (AvgIpc) is 2.66. The zero-order chi connectivity index (χ0) is 21.9. The normalized spacial score (nSPS) is 11.5. The number of aryl methyl sites for hydroxylation is 4. The predicted molar refractivity (Wildman–Crippen MR) is 133 cm³/mol. The number of benzene rings is 2. The van der Waals surface area contributed by atoms with Crippen molar-refractivity contribution in [3.05, 3.63) is 58.7 Å². The van der Waals surface area contributed by atoms with E-state index < -0.39 is 0 Å². The summed E-state index contributed by atoms with van der Waals surface area (Å²) in [6.45, 7) is 12.9. The quantitative estimate of drug-likeness (QED) is 0.165. The molecular formula is C28H36N2Ni. The third kappa shape index (κ3) is 9.67. The molecule has 0 aliphatic carbocycles. The largest absolute Gasteiger partial charge is 0.250 e. The van der Waals surface area contributed by atoms with E-state index in [-0.39, 0.29) is 16.5 Å². The number of aliphatic imine (C=N–C) groups is 2. The summed E-state index contributed by atoms with van der Waals surface area (Å²) in [6.07, 6.45) is 6.24. The molecule has 31 heavy (non-hydrogen) atoms. The zero-order valence-electron chi connectivity index (χ0n) is 19.9. The van der Waals surface area contributed by atoms with Gasteiger partial charge in [-0.15, -0.1) is 0 Å². The van der Waals surface area contributed by atoms with Crippen molar-refractivity contribution < 1.29 is 16.5 Å². The molecular weight excluding hydrogens is 423 g/mol. The maximum atomic E-state index is 5.04. The monoisotopic (exact) mass is 458 g/mol. The van der Waals surface area contributed by atoms with Crippen LogP contribution in [-0.2, 0) is 16.5 Å². The van der Waals surface area contributed by atoms with E-state index in [1.807, 2.05) is 0 Å². The number of rotatable bonds is 8. The van der Waals surface area contributed by atoms with Gasteiger partial charge in [0, 0.05) is 22.9 Å². The van der Waals surface area contributed by atoms with Crippen LogP contribution in [-0.4, -0.2) is 11.4 Å². The van der Waals surface area contributed by atoms with Crippen LogP contribution in [0.5, 0.6) is 0 Å². The molecule has 0 heterocycles. The first-order chi connectivity index (χ1) is 14.4. The second-order valence-electron chi connectivity index (χ2n) is 8.22. The van der Waals surface area contributed by atoms with Gasteiger partial charge in [0.2, 0.25) is 0 Å². The van der Waals surface area contributed by atoms with Crippen LogP contribution < -0.4 is 0 Å². The first-order valence-electron chi connectivity index (χ1n) is 11.2. The van der Waals surface area contributed by atoms with E-state index in [4.69, 9.17) is 9.98 Å². The molecule has 2 rings (SSSR count). The van der Waals surface area contributed by atoms with Crippen LogP contribution >= 0.6 is 0 Å². The van der Waals surface area contributed by atoms with Gasteiger partial charge in [-0.05, 0) is 99.4 Å². The molecule has 0 fully saturated rings. The fourth-order valence-corrected chi connectivity index (χ4v) is 3.46. The zero-order valence-corrected chi connectivity index (χ0v) is 20.9. The molecule has 0 N–H and O–H groups in total. The van der Waals surface area contributed by atoms with Crippen LogP contribution in [0.3, 0.4) is 0 Å². The minimum absolute atomic E-state index is 0. The van der Waals surface area contributed by atoms with Crippen LogP contribution in [0.4, 0.5) is 11.4 Å². The SMILES string of the molecule is CCCCC#CC(=Nc1cc(C)cc(C)c1)C(CCCC)=Nc1cc(C)cc(C)c1.[Ni]. The van der Waals surface area contributed by atoms with Gasteiger partial charge in [-0.25, -0.2) is 4.99 Å². The average molecular weight is 459 g/mol. The molecule has 0 radical (unpaired) electrons. The van der Waals surface area contributed by atoms with Crippen molar-refractivity contribution in [1.82, 2.24) is 0 Å².